The Kier molecular flexibility index (Phi) is 6.02. The molecule has 10 heteroatoms. The number of nitrogens with one attached hydrogen (secondary N) is 2. The van der Waals surface area contributed by atoms with Crippen LogP contribution >= 0.6 is 11.3 Å². The molecule has 0 aliphatic carbocycles. The number of nitrogens with two attached hydrogens (primary N) is 1. The Balaban J connectivity index is 1.52. The molecule has 0 atom stereocenters. The van der Waals surface area contributed by atoms with Gasteiger partial charge in [-0.3, -0.25) is 4.79 Å². The molecule has 0 fully saturated rings. The fourth-order valence-electron chi connectivity index (χ4n) is 2.41. The molecule has 2 aromatic heterocycles. The minimum Gasteiger partial charge on any atom is -0.350 e. The number of carbonyl (C=O) groups is 1. The van der Waals surface area contributed by atoms with Crippen molar-refractivity contribution in [2.24, 2.45) is 5.14 Å². The van der Waals surface area contributed by atoms with Crippen LogP contribution < -0.4 is 15.8 Å². The van der Waals surface area contributed by atoms with E-state index in [-0.39, 0.29) is 10.8 Å². The lowest BCUT2D eigenvalue weighted by atomic mass is 10.1. The Labute approximate surface area is 166 Å². The number of carbonyl (C=O) groups excluding carboxylic acids is 1. The zero-order valence-corrected chi connectivity index (χ0v) is 16.7. The molecule has 1 aromatic carbocycles. The number of pyridine rings is 1. The smallest absolute Gasteiger partial charge is 0.270 e. The zero-order valence-electron chi connectivity index (χ0n) is 15.0. The van der Waals surface area contributed by atoms with Crippen LogP contribution in [0.5, 0.6) is 0 Å². The third kappa shape index (κ3) is 5.35. The van der Waals surface area contributed by atoms with Crippen LogP contribution in [-0.2, 0) is 16.4 Å². The average Bonchev–Trinajstić information content (AvgIpc) is 3.10. The van der Waals surface area contributed by atoms with Gasteiger partial charge in [-0.2, -0.15) is 0 Å². The fraction of sp³-hybridized carbons (Fsp3) is 0.167. The molecule has 0 saturated carbocycles. The largest absolute Gasteiger partial charge is 0.350 e. The lowest BCUT2D eigenvalue weighted by Crippen LogP contribution is -2.26. The minimum atomic E-state index is -3.70. The van der Waals surface area contributed by atoms with E-state index in [2.05, 4.69) is 20.6 Å². The maximum Gasteiger partial charge on any atom is 0.270 e. The number of amides is 1. The summed E-state index contributed by atoms with van der Waals surface area (Å²) in [5, 5.41) is 13.2. The maximum absolute atomic E-state index is 12.2. The van der Waals surface area contributed by atoms with Gasteiger partial charge >= 0.3 is 0 Å². The van der Waals surface area contributed by atoms with Gasteiger partial charge in [0.1, 0.15) is 11.5 Å². The quantitative estimate of drug-likeness (QED) is 0.541. The normalized spacial score (nSPS) is 11.2. The van der Waals surface area contributed by atoms with Crippen molar-refractivity contribution in [2.45, 2.75) is 18.2 Å². The summed E-state index contributed by atoms with van der Waals surface area (Å²) >= 11 is 1.32. The Bertz CT molecular complexity index is 1080. The van der Waals surface area contributed by atoms with E-state index in [0.717, 1.165) is 11.3 Å². The van der Waals surface area contributed by atoms with Crippen LogP contribution in [0.2, 0.25) is 0 Å². The topological polar surface area (TPSA) is 127 Å². The number of anilines is 2. The molecule has 0 spiro atoms. The molecule has 3 aromatic rings. The highest BCUT2D eigenvalue weighted by molar-refractivity contribution is 7.89. The molecule has 2 heterocycles. The summed E-state index contributed by atoms with van der Waals surface area (Å²) < 4.78 is 22.5. The first kappa shape index (κ1) is 19.9. The summed E-state index contributed by atoms with van der Waals surface area (Å²) in [6, 6.07) is 11.9. The maximum atomic E-state index is 12.2. The van der Waals surface area contributed by atoms with Gasteiger partial charge < -0.3 is 10.6 Å². The van der Waals surface area contributed by atoms with Crippen LogP contribution in [0.3, 0.4) is 0 Å². The Morgan fingerprint density at radius 1 is 1.14 bits per heavy atom. The van der Waals surface area contributed by atoms with Gasteiger partial charge in [0.15, 0.2) is 5.13 Å². The van der Waals surface area contributed by atoms with Gasteiger partial charge in [-0.05, 0) is 43.2 Å². The fourth-order valence-corrected chi connectivity index (χ4v) is 3.63. The van der Waals surface area contributed by atoms with Crippen molar-refractivity contribution >= 4 is 38.2 Å². The van der Waals surface area contributed by atoms with Crippen molar-refractivity contribution in [1.29, 1.82) is 0 Å². The van der Waals surface area contributed by atoms with Crippen LogP contribution in [0.15, 0.2) is 52.7 Å². The zero-order chi connectivity index (χ0) is 20.1. The second-order valence-electron chi connectivity index (χ2n) is 6.02. The number of hydrogen-bond acceptors (Lipinski definition) is 7. The molecular formula is C18H19N5O3S2. The molecule has 0 unspecified atom stereocenters. The molecule has 0 aliphatic rings. The predicted molar refractivity (Wildman–Crippen MR) is 108 cm³/mol. The number of aryl methyl sites for hydroxylation is 1. The van der Waals surface area contributed by atoms with E-state index in [0.29, 0.717) is 29.6 Å². The molecule has 0 aliphatic heterocycles. The van der Waals surface area contributed by atoms with E-state index >= 15 is 0 Å². The summed E-state index contributed by atoms with van der Waals surface area (Å²) in [5.41, 5.74) is 2.10. The number of aromatic nitrogens is 2. The van der Waals surface area contributed by atoms with E-state index in [4.69, 9.17) is 5.14 Å². The lowest BCUT2D eigenvalue weighted by molar-refractivity contribution is 0.0950. The molecule has 0 saturated heterocycles. The molecular weight excluding hydrogens is 398 g/mol. The molecule has 0 radical (unpaired) electrons. The van der Waals surface area contributed by atoms with Crippen molar-refractivity contribution in [3.8, 4) is 0 Å². The van der Waals surface area contributed by atoms with Gasteiger partial charge in [0.25, 0.3) is 5.91 Å². The van der Waals surface area contributed by atoms with E-state index in [1.165, 1.54) is 23.5 Å². The standard InChI is InChI=1S/C18H19N5O3S2/c1-12-3-2-4-16(21-12)23-18-22-15(11-27-18)17(24)20-10-9-13-5-7-14(8-6-13)28(19,25)26/h2-8,11H,9-10H2,1H3,(H,20,24)(H2,19,25,26)(H,21,22,23). The Hall–Kier alpha value is -2.82. The van der Waals surface area contributed by atoms with Gasteiger partial charge in [-0.15, -0.1) is 11.3 Å². The molecule has 28 heavy (non-hydrogen) atoms. The molecule has 3 rings (SSSR count). The first-order valence-corrected chi connectivity index (χ1v) is 10.8. The monoisotopic (exact) mass is 417 g/mol. The highest BCUT2D eigenvalue weighted by atomic mass is 32.2. The van der Waals surface area contributed by atoms with Crippen LogP contribution in [0, 0.1) is 6.92 Å². The molecule has 8 nitrogen and oxygen atoms in total. The minimum absolute atomic E-state index is 0.0610. The number of primary sulfonamides is 1. The number of thiazole rings is 1. The molecule has 1 amide bonds. The first-order valence-electron chi connectivity index (χ1n) is 8.37. The van der Waals surface area contributed by atoms with Crippen molar-refractivity contribution < 1.29 is 13.2 Å². The molecule has 0 bridgehead atoms. The van der Waals surface area contributed by atoms with Crippen LogP contribution in [0.1, 0.15) is 21.7 Å². The van der Waals surface area contributed by atoms with Crippen LogP contribution in [0.4, 0.5) is 10.9 Å². The van der Waals surface area contributed by atoms with Crippen molar-refractivity contribution in [3.05, 3.63) is 64.8 Å². The van der Waals surface area contributed by atoms with Crippen molar-refractivity contribution in [3.63, 3.8) is 0 Å². The summed E-state index contributed by atoms with van der Waals surface area (Å²) in [4.78, 5) is 20.9. The van der Waals surface area contributed by atoms with Gasteiger partial charge in [-0.25, -0.2) is 23.5 Å². The lowest BCUT2D eigenvalue weighted by Gasteiger charge is -2.05. The highest BCUT2D eigenvalue weighted by Crippen LogP contribution is 2.19. The van der Waals surface area contributed by atoms with E-state index in [1.54, 1.807) is 17.5 Å². The van der Waals surface area contributed by atoms with Crippen molar-refractivity contribution in [2.75, 3.05) is 11.9 Å². The highest BCUT2D eigenvalue weighted by Gasteiger charge is 2.11. The van der Waals surface area contributed by atoms with Gasteiger partial charge in [0.2, 0.25) is 10.0 Å². The number of hydrogen-bond donors (Lipinski definition) is 3. The SMILES string of the molecule is Cc1cccc(Nc2nc(C(=O)NCCc3ccc(S(N)(=O)=O)cc3)cs2)n1. The number of nitrogens with zero attached hydrogens (tertiary/aromatic N) is 2. The number of benzene rings is 1. The number of sulfonamides is 1. The third-order valence-corrected chi connectivity index (χ3v) is 5.50. The van der Waals surface area contributed by atoms with E-state index in [1.807, 2.05) is 25.1 Å². The molecule has 146 valence electrons. The third-order valence-electron chi connectivity index (χ3n) is 3.81. The Morgan fingerprint density at radius 2 is 1.89 bits per heavy atom. The first-order chi connectivity index (χ1) is 13.3. The molecule has 4 N–H and O–H groups in total. The van der Waals surface area contributed by atoms with Gasteiger partial charge in [-0.1, -0.05) is 18.2 Å². The summed E-state index contributed by atoms with van der Waals surface area (Å²) in [5.74, 6) is 0.395. The summed E-state index contributed by atoms with van der Waals surface area (Å²) in [6.45, 7) is 2.29. The van der Waals surface area contributed by atoms with Crippen LogP contribution in [-0.4, -0.2) is 30.8 Å². The summed E-state index contributed by atoms with van der Waals surface area (Å²) in [7, 11) is -3.70. The second kappa shape index (κ2) is 8.46. The second-order valence-corrected chi connectivity index (χ2v) is 8.44. The van der Waals surface area contributed by atoms with Gasteiger partial charge in [0, 0.05) is 17.6 Å². The Morgan fingerprint density at radius 3 is 2.57 bits per heavy atom. The predicted octanol–water partition coefficient (Wildman–Crippen LogP) is 2.21. The van der Waals surface area contributed by atoms with E-state index in [9.17, 15) is 13.2 Å². The summed E-state index contributed by atoms with van der Waals surface area (Å²) in [6.07, 6.45) is 0.555. The number of rotatable bonds is 7. The van der Waals surface area contributed by atoms with E-state index < -0.39 is 10.0 Å². The average molecular weight is 418 g/mol. The van der Waals surface area contributed by atoms with Crippen molar-refractivity contribution in [1.82, 2.24) is 15.3 Å². The van der Waals surface area contributed by atoms with Gasteiger partial charge in [0.05, 0.1) is 4.90 Å². The van der Waals surface area contributed by atoms with Crippen LogP contribution in [0.25, 0.3) is 0 Å².